The van der Waals surface area contributed by atoms with Crippen LogP contribution in [0.1, 0.15) is 30.1 Å². The summed E-state index contributed by atoms with van der Waals surface area (Å²) in [5.74, 6) is 0. The first-order valence-corrected chi connectivity index (χ1v) is 5.72. The monoisotopic (exact) mass is 218 g/mol. The first-order valence-electron chi connectivity index (χ1n) is 5.72. The highest BCUT2D eigenvalue weighted by molar-refractivity contribution is 5.30. The molecule has 0 spiro atoms. The molecule has 1 aliphatic heterocycles. The highest BCUT2D eigenvalue weighted by Crippen LogP contribution is 2.28. The van der Waals surface area contributed by atoms with Crippen LogP contribution in [-0.2, 0) is 4.74 Å². The van der Waals surface area contributed by atoms with E-state index in [1.165, 1.54) is 11.1 Å². The Labute approximate surface area is 96.5 Å². The van der Waals surface area contributed by atoms with Gasteiger partial charge in [-0.1, -0.05) is 6.07 Å². The van der Waals surface area contributed by atoms with E-state index in [9.17, 15) is 0 Å². The van der Waals surface area contributed by atoms with Gasteiger partial charge >= 0.3 is 0 Å². The fourth-order valence-corrected chi connectivity index (χ4v) is 2.14. The molecule has 1 aromatic heterocycles. The summed E-state index contributed by atoms with van der Waals surface area (Å²) < 4.78 is 5.40. The first kappa shape index (κ1) is 11.1. The zero-order chi connectivity index (χ0) is 11.4. The number of ether oxygens (including phenoxy) is 1. The lowest BCUT2D eigenvalue weighted by molar-refractivity contribution is 0.220. The van der Waals surface area contributed by atoms with Gasteiger partial charge in [0, 0.05) is 11.9 Å². The normalized spacial score (nSPS) is 17.5. The zero-order valence-electron chi connectivity index (χ0n) is 9.86. The standard InChI is InChI=1S/C13H18N2O/c1-10-12(6-3-7-15-10)13(14-2)11-5-4-8-16-9-11/h3,6-7,9,13-14H,4-5,8H2,1-2H3. The SMILES string of the molecule is CNC(C1=COCCC1)c1cccnc1C. The van der Waals surface area contributed by atoms with Gasteiger partial charge in [0.15, 0.2) is 0 Å². The van der Waals surface area contributed by atoms with E-state index in [-0.39, 0.29) is 6.04 Å². The summed E-state index contributed by atoms with van der Waals surface area (Å²) in [6.45, 7) is 2.88. The van der Waals surface area contributed by atoms with E-state index >= 15 is 0 Å². The van der Waals surface area contributed by atoms with Crippen molar-refractivity contribution in [1.82, 2.24) is 10.3 Å². The van der Waals surface area contributed by atoms with Crippen molar-refractivity contribution in [3.8, 4) is 0 Å². The van der Waals surface area contributed by atoms with Crippen molar-refractivity contribution in [2.45, 2.75) is 25.8 Å². The number of aromatic nitrogens is 1. The molecule has 1 aromatic rings. The second kappa shape index (κ2) is 5.12. The van der Waals surface area contributed by atoms with Gasteiger partial charge in [-0.2, -0.15) is 0 Å². The van der Waals surface area contributed by atoms with Gasteiger partial charge < -0.3 is 10.1 Å². The van der Waals surface area contributed by atoms with E-state index in [1.54, 1.807) is 0 Å². The molecule has 86 valence electrons. The van der Waals surface area contributed by atoms with Gasteiger partial charge in [0.05, 0.1) is 18.9 Å². The third kappa shape index (κ3) is 2.25. The second-order valence-corrected chi connectivity index (χ2v) is 4.07. The number of hydrogen-bond acceptors (Lipinski definition) is 3. The molecule has 1 N–H and O–H groups in total. The van der Waals surface area contributed by atoms with Crippen molar-refractivity contribution in [3.63, 3.8) is 0 Å². The topological polar surface area (TPSA) is 34.1 Å². The van der Waals surface area contributed by atoms with E-state index in [4.69, 9.17) is 4.74 Å². The van der Waals surface area contributed by atoms with E-state index in [1.807, 2.05) is 32.5 Å². The fraction of sp³-hybridized carbons (Fsp3) is 0.462. The molecule has 1 atom stereocenters. The molecule has 0 saturated carbocycles. The smallest absolute Gasteiger partial charge is 0.0876 e. The summed E-state index contributed by atoms with van der Waals surface area (Å²) in [6.07, 6.45) is 5.93. The molecule has 0 amide bonds. The molecule has 1 unspecified atom stereocenters. The van der Waals surface area contributed by atoms with Crippen molar-refractivity contribution in [2.24, 2.45) is 0 Å². The molecule has 0 saturated heterocycles. The summed E-state index contributed by atoms with van der Waals surface area (Å²) >= 11 is 0. The van der Waals surface area contributed by atoms with Crippen LogP contribution in [0.2, 0.25) is 0 Å². The Morgan fingerprint density at radius 3 is 3.00 bits per heavy atom. The maximum absolute atomic E-state index is 5.40. The predicted octanol–water partition coefficient (Wildman–Crippen LogP) is 2.34. The van der Waals surface area contributed by atoms with Crippen LogP contribution in [-0.4, -0.2) is 18.6 Å². The van der Waals surface area contributed by atoms with E-state index in [2.05, 4.69) is 16.4 Å². The molecule has 3 nitrogen and oxygen atoms in total. The van der Waals surface area contributed by atoms with E-state index < -0.39 is 0 Å². The van der Waals surface area contributed by atoms with E-state index in [0.717, 1.165) is 25.1 Å². The molecule has 0 radical (unpaired) electrons. The number of pyridine rings is 1. The van der Waals surface area contributed by atoms with Crippen LogP contribution in [0.4, 0.5) is 0 Å². The quantitative estimate of drug-likeness (QED) is 0.845. The van der Waals surface area contributed by atoms with Crippen LogP contribution in [0.3, 0.4) is 0 Å². The highest BCUT2D eigenvalue weighted by Gasteiger charge is 2.19. The van der Waals surface area contributed by atoms with Crippen molar-refractivity contribution >= 4 is 0 Å². The van der Waals surface area contributed by atoms with Gasteiger partial charge in [-0.25, -0.2) is 0 Å². The zero-order valence-corrected chi connectivity index (χ0v) is 9.86. The van der Waals surface area contributed by atoms with Crippen LogP contribution >= 0.6 is 0 Å². The highest BCUT2D eigenvalue weighted by atomic mass is 16.5. The maximum atomic E-state index is 5.40. The average molecular weight is 218 g/mol. The largest absolute Gasteiger partial charge is 0.501 e. The summed E-state index contributed by atoms with van der Waals surface area (Å²) in [6, 6.07) is 4.34. The molecule has 16 heavy (non-hydrogen) atoms. The molecule has 2 heterocycles. The van der Waals surface area contributed by atoms with Crippen LogP contribution in [0.5, 0.6) is 0 Å². The van der Waals surface area contributed by atoms with Crippen molar-refractivity contribution in [3.05, 3.63) is 41.4 Å². The maximum Gasteiger partial charge on any atom is 0.0876 e. The third-order valence-electron chi connectivity index (χ3n) is 2.98. The summed E-state index contributed by atoms with van der Waals surface area (Å²) in [5, 5.41) is 3.34. The molecular formula is C13H18N2O. The fourth-order valence-electron chi connectivity index (χ4n) is 2.14. The number of nitrogens with zero attached hydrogens (tertiary/aromatic N) is 1. The lowest BCUT2D eigenvalue weighted by atomic mass is 9.94. The molecule has 0 aliphatic carbocycles. The molecule has 0 fully saturated rings. The Morgan fingerprint density at radius 1 is 1.50 bits per heavy atom. The molecule has 0 bridgehead atoms. The minimum atomic E-state index is 0.231. The number of hydrogen-bond donors (Lipinski definition) is 1. The Balaban J connectivity index is 2.28. The second-order valence-electron chi connectivity index (χ2n) is 4.07. The van der Waals surface area contributed by atoms with Crippen molar-refractivity contribution in [2.75, 3.05) is 13.7 Å². The molecule has 1 aliphatic rings. The van der Waals surface area contributed by atoms with Crippen LogP contribution < -0.4 is 5.32 Å². The van der Waals surface area contributed by atoms with Crippen LogP contribution in [0, 0.1) is 6.92 Å². The van der Waals surface area contributed by atoms with Gasteiger partial charge in [-0.3, -0.25) is 4.98 Å². The number of likely N-dealkylation sites (N-methyl/N-ethyl adjacent to an activating group) is 1. The Bertz CT molecular complexity index is 387. The molecule has 0 aromatic carbocycles. The van der Waals surface area contributed by atoms with Gasteiger partial charge in [0.2, 0.25) is 0 Å². The minimum absolute atomic E-state index is 0.231. The average Bonchev–Trinajstić information content (AvgIpc) is 2.34. The third-order valence-corrected chi connectivity index (χ3v) is 2.98. The lowest BCUT2D eigenvalue weighted by Crippen LogP contribution is -2.21. The summed E-state index contributed by atoms with van der Waals surface area (Å²) in [4.78, 5) is 4.33. The van der Waals surface area contributed by atoms with Crippen LogP contribution in [0.25, 0.3) is 0 Å². The Kier molecular flexibility index (Phi) is 3.57. The van der Waals surface area contributed by atoms with Gasteiger partial charge in [-0.05, 0) is 44.0 Å². The van der Waals surface area contributed by atoms with Crippen LogP contribution in [0.15, 0.2) is 30.2 Å². The van der Waals surface area contributed by atoms with Gasteiger partial charge in [-0.15, -0.1) is 0 Å². The number of nitrogens with one attached hydrogen (secondary N) is 1. The lowest BCUT2D eigenvalue weighted by Gasteiger charge is -2.24. The van der Waals surface area contributed by atoms with Crippen molar-refractivity contribution < 1.29 is 4.74 Å². The first-order chi connectivity index (χ1) is 7.83. The molecule has 3 heteroatoms. The summed E-state index contributed by atoms with van der Waals surface area (Å²) in [7, 11) is 1.98. The Hall–Kier alpha value is -1.35. The number of aryl methyl sites for hydroxylation is 1. The minimum Gasteiger partial charge on any atom is -0.501 e. The summed E-state index contributed by atoms with van der Waals surface area (Å²) in [5.41, 5.74) is 3.62. The van der Waals surface area contributed by atoms with Crippen molar-refractivity contribution in [1.29, 1.82) is 0 Å². The molecular weight excluding hydrogens is 200 g/mol. The Morgan fingerprint density at radius 2 is 2.38 bits per heavy atom. The predicted molar refractivity (Wildman–Crippen MR) is 64.0 cm³/mol. The van der Waals surface area contributed by atoms with E-state index in [0.29, 0.717) is 0 Å². The van der Waals surface area contributed by atoms with Gasteiger partial charge in [0.1, 0.15) is 0 Å². The van der Waals surface area contributed by atoms with Gasteiger partial charge in [0.25, 0.3) is 0 Å². The molecule has 2 rings (SSSR count). The number of rotatable bonds is 3.